The zero-order chi connectivity index (χ0) is 15.4. The molecule has 0 aliphatic rings. The molecule has 0 fully saturated rings. The van der Waals surface area contributed by atoms with Gasteiger partial charge >= 0.3 is 0 Å². The SMILES string of the molecule is COc1ccccc1-c1ccc(CC#N)c(=O)n1C(C)C. The molecule has 0 saturated carbocycles. The Bertz CT molecular complexity index is 739. The first-order valence-corrected chi connectivity index (χ1v) is 6.85. The zero-order valence-electron chi connectivity index (χ0n) is 12.5. The molecule has 4 nitrogen and oxygen atoms in total. The molecule has 4 heteroatoms. The van der Waals surface area contributed by atoms with Crippen LogP contribution in [0, 0.1) is 11.3 Å². The summed E-state index contributed by atoms with van der Waals surface area (Å²) in [5, 5.41) is 8.82. The van der Waals surface area contributed by atoms with E-state index in [0.29, 0.717) is 5.56 Å². The quantitative estimate of drug-likeness (QED) is 0.865. The zero-order valence-corrected chi connectivity index (χ0v) is 12.5. The van der Waals surface area contributed by atoms with Gasteiger partial charge in [0.25, 0.3) is 5.56 Å². The number of pyridine rings is 1. The molecule has 2 aromatic rings. The Balaban J connectivity index is 2.73. The Kier molecular flexibility index (Phi) is 4.44. The average Bonchev–Trinajstić information content (AvgIpc) is 2.48. The largest absolute Gasteiger partial charge is 0.496 e. The molecule has 0 unspecified atom stereocenters. The lowest BCUT2D eigenvalue weighted by Crippen LogP contribution is -2.26. The monoisotopic (exact) mass is 282 g/mol. The molecule has 0 atom stereocenters. The van der Waals surface area contributed by atoms with Crippen LogP contribution in [0.5, 0.6) is 5.75 Å². The van der Waals surface area contributed by atoms with Crippen LogP contribution in [0.2, 0.25) is 0 Å². The van der Waals surface area contributed by atoms with Crippen LogP contribution in [0.25, 0.3) is 11.3 Å². The van der Waals surface area contributed by atoms with Crippen molar-refractivity contribution in [3.05, 3.63) is 52.3 Å². The molecule has 0 amide bonds. The number of ether oxygens (including phenoxy) is 1. The summed E-state index contributed by atoms with van der Waals surface area (Å²) >= 11 is 0. The molecule has 0 aliphatic carbocycles. The maximum atomic E-state index is 12.6. The van der Waals surface area contributed by atoms with Crippen LogP contribution < -0.4 is 10.3 Å². The molecule has 1 aromatic carbocycles. The molecule has 0 saturated heterocycles. The highest BCUT2D eigenvalue weighted by atomic mass is 16.5. The van der Waals surface area contributed by atoms with Crippen LogP contribution >= 0.6 is 0 Å². The van der Waals surface area contributed by atoms with E-state index >= 15 is 0 Å². The van der Waals surface area contributed by atoms with Gasteiger partial charge in [0.1, 0.15) is 5.75 Å². The van der Waals surface area contributed by atoms with E-state index in [1.54, 1.807) is 17.7 Å². The molecular weight excluding hydrogens is 264 g/mol. The number of hydrogen-bond donors (Lipinski definition) is 0. The average molecular weight is 282 g/mol. The van der Waals surface area contributed by atoms with Crippen molar-refractivity contribution in [2.75, 3.05) is 7.11 Å². The van der Waals surface area contributed by atoms with E-state index in [4.69, 9.17) is 10.00 Å². The molecule has 0 bridgehead atoms. The number of aromatic nitrogens is 1. The van der Waals surface area contributed by atoms with Crippen LogP contribution in [0.4, 0.5) is 0 Å². The van der Waals surface area contributed by atoms with E-state index in [1.165, 1.54) is 0 Å². The fraction of sp³-hybridized carbons (Fsp3) is 0.294. The summed E-state index contributed by atoms with van der Waals surface area (Å²) in [6.07, 6.45) is 0.123. The molecule has 108 valence electrons. The van der Waals surface area contributed by atoms with Crippen LogP contribution in [-0.4, -0.2) is 11.7 Å². The topological polar surface area (TPSA) is 55.0 Å². The third-order valence-corrected chi connectivity index (χ3v) is 3.36. The highest BCUT2D eigenvalue weighted by Gasteiger charge is 2.15. The Morgan fingerprint density at radius 3 is 2.57 bits per heavy atom. The molecule has 21 heavy (non-hydrogen) atoms. The van der Waals surface area contributed by atoms with Crippen LogP contribution in [0.15, 0.2) is 41.2 Å². The Labute approximate surface area is 124 Å². The second kappa shape index (κ2) is 6.27. The predicted molar refractivity (Wildman–Crippen MR) is 82.4 cm³/mol. The molecule has 0 N–H and O–H groups in total. The highest BCUT2D eigenvalue weighted by molar-refractivity contribution is 5.67. The molecule has 1 aromatic heterocycles. The Morgan fingerprint density at radius 2 is 1.95 bits per heavy atom. The van der Waals surface area contributed by atoms with Gasteiger partial charge in [0.15, 0.2) is 0 Å². The van der Waals surface area contributed by atoms with Crippen LogP contribution in [-0.2, 0) is 6.42 Å². The van der Waals surface area contributed by atoms with Crippen molar-refractivity contribution in [3.63, 3.8) is 0 Å². The summed E-state index contributed by atoms with van der Waals surface area (Å²) in [6.45, 7) is 3.91. The van der Waals surface area contributed by atoms with E-state index in [2.05, 4.69) is 0 Å². The van der Waals surface area contributed by atoms with Gasteiger partial charge in [-0.25, -0.2) is 0 Å². The smallest absolute Gasteiger partial charge is 0.255 e. The van der Waals surface area contributed by atoms with Crippen LogP contribution in [0.1, 0.15) is 25.5 Å². The summed E-state index contributed by atoms with van der Waals surface area (Å²) in [4.78, 5) is 12.6. The third kappa shape index (κ3) is 2.82. The standard InChI is InChI=1S/C17H18N2O2/c1-12(2)19-15(9-8-13(10-11-18)17(19)20)14-6-4-5-7-16(14)21-3/h4-9,12H,10H2,1-3H3. The first-order valence-electron chi connectivity index (χ1n) is 6.85. The minimum absolute atomic E-state index is 0.00365. The van der Waals surface area contributed by atoms with Gasteiger partial charge in [0.2, 0.25) is 0 Å². The number of methoxy groups -OCH3 is 1. The summed E-state index contributed by atoms with van der Waals surface area (Å²) in [5.74, 6) is 0.722. The van der Waals surface area contributed by atoms with E-state index < -0.39 is 0 Å². The van der Waals surface area contributed by atoms with Crippen molar-refractivity contribution < 1.29 is 4.74 Å². The Hall–Kier alpha value is -2.54. The normalized spacial score (nSPS) is 10.4. The van der Waals surface area contributed by atoms with Crippen molar-refractivity contribution in [1.82, 2.24) is 4.57 Å². The number of rotatable bonds is 4. The molecule has 1 heterocycles. The fourth-order valence-corrected chi connectivity index (χ4v) is 2.40. The lowest BCUT2D eigenvalue weighted by atomic mass is 10.1. The molecule has 0 aliphatic heterocycles. The van der Waals surface area contributed by atoms with Crippen molar-refractivity contribution in [1.29, 1.82) is 5.26 Å². The van der Waals surface area contributed by atoms with Crippen molar-refractivity contribution in [2.24, 2.45) is 0 Å². The van der Waals surface area contributed by atoms with Gasteiger partial charge < -0.3 is 9.30 Å². The maximum Gasteiger partial charge on any atom is 0.255 e. The first-order chi connectivity index (χ1) is 10.1. The maximum absolute atomic E-state index is 12.6. The fourth-order valence-electron chi connectivity index (χ4n) is 2.40. The number of hydrogen-bond acceptors (Lipinski definition) is 3. The predicted octanol–water partition coefficient (Wildman–Crippen LogP) is 3.17. The van der Waals surface area contributed by atoms with E-state index in [9.17, 15) is 4.79 Å². The van der Waals surface area contributed by atoms with Gasteiger partial charge in [-0.2, -0.15) is 5.26 Å². The van der Waals surface area contributed by atoms with Crippen molar-refractivity contribution in [3.8, 4) is 23.1 Å². The van der Waals surface area contributed by atoms with Crippen LogP contribution in [0.3, 0.4) is 0 Å². The van der Waals surface area contributed by atoms with Crippen molar-refractivity contribution >= 4 is 0 Å². The Morgan fingerprint density at radius 1 is 1.24 bits per heavy atom. The van der Waals surface area contributed by atoms with Crippen molar-refractivity contribution in [2.45, 2.75) is 26.3 Å². The third-order valence-electron chi connectivity index (χ3n) is 3.36. The van der Waals surface area contributed by atoms with E-state index in [0.717, 1.165) is 17.0 Å². The number of nitriles is 1. The van der Waals surface area contributed by atoms with E-state index in [1.807, 2.05) is 50.2 Å². The lowest BCUT2D eigenvalue weighted by Gasteiger charge is -2.19. The lowest BCUT2D eigenvalue weighted by molar-refractivity contribution is 0.415. The molecule has 0 radical (unpaired) electrons. The minimum atomic E-state index is -0.116. The molecular formula is C17H18N2O2. The summed E-state index contributed by atoms with van der Waals surface area (Å²) in [5.41, 5.74) is 2.07. The summed E-state index contributed by atoms with van der Waals surface area (Å²) in [7, 11) is 1.61. The highest BCUT2D eigenvalue weighted by Crippen LogP contribution is 2.30. The number of para-hydroxylation sites is 1. The van der Waals surface area contributed by atoms with Gasteiger partial charge in [-0.1, -0.05) is 18.2 Å². The molecule has 0 spiro atoms. The number of benzene rings is 1. The summed E-state index contributed by atoms with van der Waals surface area (Å²) in [6, 6.07) is 13.2. The van der Waals surface area contributed by atoms with Gasteiger partial charge in [-0.05, 0) is 32.0 Å². The second-order valence-electron chi connectivity index (χ2n) is 5.05. The molecule has 2 rings (SSSR count). The number of nitrogens with zero attached hydrogens (tertiary/aromatic N) is 2. The van der Waals surface area contributed by atoms with Gasteiger partial charge in [0.05, 0.1) is 25.3 Å². The van der Waals surface area contributed by atoms with Gasteiger partial charge in [0, 0.05) is 17.2 Å². The minimum Gasteiger partial charge on any atom is -0.496 e. The van der Waals surface area contributed by atoms with Gasteiger partial charge in [-0.15, -0.1) is 0 Å². The first kappa shape index (κ1) is 14.9. The van der Waals surface area contributed by atoms with Gasteiger partial charge in [-0.3, -0.25) is 4.79 Å². The second-order valence-corrected chi connectivity index (χ2v) is 5.05. The summed E-state index contributed by atoms with van der Waals surface area (Å²) < 4.78 is 7.10. The van der Waals surface area contributed by atoms with E-state index in [-0.39, 0.29) is 18.0 Å².